The number of benzene rings is 2. The first-order chi connectivity index (χ1) is 11.2. The number of hydrogen-bond acceptors (Lipinski definition) is 4. The molecule has 2 aromatic carbocycles. The van der Waals surface area contributed by atoms with Gasteiger partial charge in [-0.2, -0.15) is 0 Å². The number of para-hydroxylation sites is 2. The summed E-state index contributed by atoms with van der Waals surface area (Å²) >= 11 is 0. The lowest BCUT2D eigenvalue weighted by Crippen LogP contribution is -2.34. The molecule has 23 heavy (non-hydrogen) atoms. The van der Waals surface area contributed by atoms with Crippen molar-refractivity contribution in [3.63, 3.8) is 0 Å². The molecule has 0 saturated carbocycles. The van der Waals surface area contributed by atoms with Gasteiger partial charge in [0.25, 0.3) is 0 Å². The van der Waals surface area contributed by atoms with Crippen LogP contribution in [0.4, 0.5) is 0 Å². The third kappa shape index (κ3) is 2.42. The van der Waals surface area contributed by atoms with Gasteiger partial charge in [0.1, 0.15) is 16.9 Å². The molecule has 1 unspecified atom stereocenters. The summed E-state index contributed by atoms with van der Waals surface area (Å²) in [4.78, 5) is 24.8. The fourth-order valence-electron chi connectivity index (χ4n) is 2.92. The van der Waals surface area contributed by atoms with Crippen molar-refractivity contribution in [3.05, 3.63) is 76.1 Å². The van der Waals surface area contributed by atoms with Crippen molar-refractivity contribution in [2.75, 3.05) is 0 Å². The lowest BCUT2D eigenvalue weighted by Gasteiger charge is -2.24. The molecule has 0 aliphatic carbocycles. The zero-order valence-electron chi connectivity index (χ0n) is 12.3. The number of hydrogen-bond donors (Lipinski definition) is 0. The molecule has 1 aliphatic rings. The molecule has 0 N–H and O–H groups in total. The van der Waals surface area contributed by atoms with Crippen molar-refractivity contribution < 1.29 is 13.9 Å². The number of ketones is 1. The lowest BCUT2D eigenvalue weighted by atomic mass is 9.97. The molecule has 1 aromatic heterocycles. The number of Topliss-reactive ketones (excluding diaryl/α,β-unsaturated/α-hetero) is 1. The monoisotopic (exact) mass is 306 g/mol. The summed E-state index contributed by atoms with van der Waals surface area (Å²) in [5, 5.41) is 0.728. The molecular weight excluding hydrogens is 292 g/mol. The molecule has 3 aromatic rings. The maximum absolute atomic E-state index is 12.7. The normalized spacial score (nSPS) is 16.6. The zero-order chi connectivity index (χ0) is 15.8. The number of rotatable bonds is 2. The predicted octanol–water partition coefficient (Wildman–Crippen LogP) is 3.37. The van der Waals surface area contributed by atoms with Gasteiger partial charge in [-0.25, -0.2) is 4.79 Å². The van der Waals surface area contributed by atoms with Crippen molar-refractivity contribution in [2.45, 2.75) is 18.9 Å². The minimum atomic E-state index is -0.644. The van der Waals surface area contributed by atoms with E-state index in [1.54, 1.807) is 18.2 Å². The second kappa shape index (κ2) is 5.39. The van der Waals surface area contributed by atoms with Crippen molar-refractivity contribution in [1.82, 2.24) is 0 Å². The Hall–Kier alpha value is -2.88. The van der Waals surface area contributed by atoms with Crippen molar-refractivity contribution in [1.29, 1.82) is 0 Å². The highest BCUT2D eigenvalue weighted by Gasteiger charge is 2.29. The molecule has 4 nitrogen and oxygen atoms in total. The van der Waals surface area contributed by atoms with Gasteiger partial charge in [0, 0.05) is 5.39 Å². The summed E-state index contributed by atoms with van der Waals surface area (Å²) < 4.78 is 11.0. The van der Waals surface area contributed by atoms with Crippen LogP contribution < -0.4 is 10.4 Å². The van der Waals surface area contributed by atoms with Crippen molar-refractivity contribution >= 4 is 16.8 Å². The minimum Gasteiger partial charge on any atom is -0.482 e. The van der Waals surface area contributed by atoms with E-state index in [4.69, 9.17) is 9.15 Å². The van der Waals surface area contributed by atoms with E-state index in [1.807, 2.05) is 36.4 Å². The Labute approximate surface area is 132 Å². The molecule has 0 spiro atoms. The van der Waals surface area contributed by atoms with Crippen LogP contribution in [-0.4, -0.2) is 11.9 Å². The van der Waals surface area contributed by atoms with Crippen LogP contribution in [0.1, 0.15) is 22.3 Å². The standard InChI is InChI=1S/C19H14O4/c20-18(17-10-9-12-5-1-3-7-15(12)22-17)14-11-13-6-2-4-8-16(13)23-19(14)21/h1-8,11,17H,9-10H2. The van der Waals surface area contributed by atoms with Crippen LogP contribution in [0, 0.1) is 0 Å². The Morgan fingerprint density at radius 1 is 1.04 bits per heavy atom. The van der Waals surface area contributed by atoms with Gasteiger partial charge in [0.2, 0.25) is 5.78 Å². The average molecular weight is 306 g/mol. The van der Waals surface area contributed by atoms with Gasteiger partial charge >= 0.3 is 5.63 Å². The summed E-state index contributed by atoms with van der Waals surface area (Å²) in [7, 11) is 0. The van der Waals surface area contributed by atoms with E-state index in [-0.39, 0.29) is 11.3 Å². The van der Waals surface area contributed by atoms with Crippen LogP contribution in [0.5, 0.6) is 5.75 Å². The maximum atomic E-state index is 12.7. The van der Waals surface area contributed by atoms with Crippen LogP contribution in [0.2, 0.25) is 0 Å². The average Bonchev–Trinajstić information content (AvgIpc) is 2.60. The molecular formula is C19H14O4. The van der Waals surface area contributed by atoms with E-state index >= 15 is 0 Å². The first-order valence-corrected chi connectivity index (χ1v) is 7.54. The molecule has 4 heteroatoms. The van der Waals surface area contributed by atoms with Gasteiger partial charge in [0.05, 0.1) is 0 Å². The van der Waals surface area contributed by atoms with Gasteiger partial charge < -0.3 is 9.15 Å². The van der Waals surface area contributed by atoms with Crippen LogP contribution in [0.25, 0.3) is 11.0 Å². The Bertz CT molecular complexity index is 955. The van der Waals surface area contributed by atoms with E-state index in [2.05, 4.69) is 0 Å². The minimum absolute atomic E-state index is 0.0491. The van der Waals surface area contributed by atoms with Gasteiger partial charge in [-0.05, 0) is 36.6 Å². The van der Waals surface area contributed by atoms with E-state index in [1.165, 1.54) is 0 Å². The molecule has 0 amide bonds. The van der Waals surface area contributed by atoms with E-state index < -0.39 is 11.7 Å². The van der Waals surface area contributed by atoms with Gasteiger partial charge in [-0.15, -0.1) is 0 Å². The lowest BCUT2D eigenvalue weighted by molar-refractivity contribution is 0.0752. The SMILES string of the molecule is O=C(c1cc2ccccc2oc1=O)C1CCc2ccccc2O1. The summed E-state index contributed by atoms with van der Waals surface area (Å²) in [6.45, 7) is 0. The quantitative estimate of drug-likeness (QED) is 0.538. The molecule has 1 atom stereocenters. The summed E-state index contributed by atoms with van der Waals surface area (Å²) in [6, 6.07) is 16.4. The molecule has 4 rings (SSSR count). The van der Waals surface area contributed by atoms with Gasteiger partial charge in [-0.1, -0.05) is 36.4 Å². The van der Waals surface area contributed by atoms with E-state index in [9.17, 15) is 9.59 Å². The van der Waals surface area contributed by atoms with E-state index in [0.29, 0.717) is 17.8 Å². The molecule has 2 heterocycles. The number of carbonyl (C=O) groups is 1. The Morgan fingerprint density at radius 3 is 2.74 bits per heavy atom. The van der Waals surface area contributed by atoms with Crippen molar-refractivity contribution in [2.24, 2.45) is 0 Å². The zero-order valence-corrected chi connectivity index (χ0v) is 12.3. The highest BCUT2D eigenvalue weighted by Crippen LogP contribution is 2.28. The number of carbonyl (C=O) groups excluding carboxylic acids is 1. The maximum Gasteiger partial charge on any atom is 0.347 e. The summed E-state index contributed by atoms with van der Waals surface area (Å²) in [5.74, 6) is 0.390. The molecule has 114 valence electrons. The van der Waals surface area contributed by atoms with Crippen LogP contribution in [0.15, 0.2) is 63.8 Å². The first-order valence-electron chi connectivity index (χ1n) is 7.54. The Balaban J connectivity index is 1.70. The van der Waals surface area contributed by atoms with Crippen LogP contribution >= 0.6 is 0 Å². The van der Waals surface area contributed by atoms with Crippen LogP contribution in [-0.2, 0) is 6.42 Å². The van der Waals surface area contributed by atoms with Crippen LogP contribution in [0.3, 0.4) is 0 Å². The highest BCUT2D eigenvalue weighted by atomic mass is 16.5. The molecule has 1 aliphatic heterocycles. The summed E-state index contributed by atoms with van der Waals surface area (Å²) in [6.07, 6.45) is 0.669. The van der Waals surface area contributed by atoms with Gasteiger partial charge in [-0.3, -0.25) is 4.79 Å². The fourth-order valence-corrected chi connectivity index (χ4v) is 2.92. The first kappa shape index (κ1) is 13.8. The van der Waals surface area contributed by atoms with E-state index in [0.717, 1.165) is 17.4 Å². The third-order valence-corrected chi connectivity index (χ3v) is 4.12. The molecule has 0 bridgehead atoms. The second-order valence-electron chi connectivity index (χ2n) is 5.60. The third-order valence-electron chi connectivity index (χ3n) is 4.12. The Morgan fingerprint density at radius 2 is 1.83 bits per heavy atom. The Kier molecular flexibility index (Phi) is 3.23. The number of ether oxygens (including phenoxy) is 1. The smallest absolute Gasteiger partial charge is 0.347 e. The summed E-state index contributed by atoms with van der Waals surface area (Å²) in [5.41, 5.74) is 0.996. The molecule has 0 fully saturated rings. The van der Waals surface area contributed by atoms with Gasteiger partial charge in [0.15, 0.2) is 6.10 Å². The number of fused-ring (bicyclic) bond motifs is 2. The highest BCUT2D eigenvalue weighted by molar-refractivity contribution is 6.01. The number of aryl methyl sites for hydroxylation is 1. The second-order valence-corrected chi connectivity index (χ2v) is 5.60. The predicted molar refractivity (Wildman–Crippen MR) is 86.0 cm³/mol. The largest absolute Gasteiger partial charge is 0.482 e. The fraction of sp³-hybridized carbons (Fsp3) is 0.158. The topological polar surface area (TPSA) is 56.5 Å². The molecule has 0 radical (unpaired) electrons. The van der Waals surface area contributed by atoms with Crippen molar-refractivity contribution in [3.8, 4) is 5.75 Å². The molecule has 0 saturated heterocycles.